The van der Waals surface area contributed by atoms with Crippen molar-refractivity contribution in [1.29, 1.82) is 0 Å². The zero-order valence-corrected chi connectivity index (χ0v) is 14.4. The van der Waals surface area contributed by atoms with Crippen molar-refractivity contribution in [2.45, 2.75) is 57.9 Å². The van der Waals surface area contributed by atoms with Crippen molar-refractivity contribution in [2.24, 2.45) is 0 Å². The van der Waals surface area contributed by atoms with E-state index in [4.69, 9.17) is 0 Å². The third-order valence-electron chi connectivity index (χ3n) is 4.53. The molecule has 128 valence electrons. The first-order chi connectivity index (χ1) is 10.5. The number of amides is 2. The smallest absolute Gasteiger partial charge is 0.317 e. The molecule has 0 unspecified atom stereocenters. The number of nitrogens with one attached hydrogen (secondary N) is 1. The summed E-state index contributed by atoms with van der Waals surface area (Å²) in [7, 11) is -3.16. The average molecular weight is 331 g/mol. The predicted molar refractivity (Wildman–Crippen MR) is 87.2 cm³/mol. The molecule has 1 saturated carbocycles. The van der Waals surface area contributed by atoms with E-state index in [-0.39, 0.29) is 11.8 Å². The number of sulfonamides is 1. The molecule has 2 fully saturated rings. The maximum atomic E-state index is 12.3. The van der Waals surface area contributed by atoms with E-state index in [1.165, 1.54) is 19.3 Å². The van der Waals surface area contributed by atoms with Crippen LogP contribution in [0.1, 0.15) is 51.9 Å². The van der Waals surface area contributed by atoms with Gasteiger partial charge in [-0.05, 0) is 25.7 Å². The van der Waals surface area contributed by atoms with Crippen LogP contribution in [0.5, 0.6) is 0 Å². The summed E-state index contributed by atoms with van der Waals surface area (Å²) in [6.07, 6.45) is 7.11. The topological polar surface area (TPSA) is 69.7 Å². The Morgan fingerprint density at radius 3 is 2.45 bits per heavy atom. The fourth-order valence-corrected chi connectivity index (χ4v) is 4.82. The molecule has 1 aliphatic carbocycles. The molecule has 0 atom stereocenters. The van der Waals surface area contributed by atoms with Gasteiger partial charge >= 0.3 is 6.03 Å². The molecule has 1 N–H and O–H groups in total. The van der Waals surface area contributed by atoms with Crippen LogP contribution in [0.3, 0.4) is 0 Å². The van der Waals surface area contributed by atoms with E-state index in [9.17, 15) is 13.2 Å². The quantitative estimate of drug-likeness (QED) is 0.853. The minimum Gasteiger partial charge on any atom is -0.335 e. The maximum absolute atomic E-state index is 12.3. The summed E-state index contributed by atoms with van der Waals surface area (Å²) in [6, 6.07) is 0.270. The van der Waals surface area contributed by atoms with Gasteiger partial charge in [0.25, 0.3) is 0 Å². The van der Waals surface area contributed by atoms with Gasteiger partial charge < -0.3 is 10.2 Å². The second kappa shape index (κ2) is 8.15. The highest BCUT2D eigenvalue weighted by molar-refractivity contribution is 7.89. The van der Waals surface area contributed by atoms with Crippen molar-refractivity contribution in [2.75, 3.05) is 31.9 Å². The van der Waals surface area contributed by atoms with Crippen LogP contribution in [0.15, 0.2) is 0 Å². The lowest BCUT2D eigenvalue weighted by Crippen LogP contribution is -2.47. The molecule has 0 aromatic carbocycles. The summed E-state index contributed by atoms with van der Waals surface area (Å²) in [5.74, 6) is 0.196. The van der Waals surface area contributed by atoms with Crippen LogP contribution >= 0.6 is 0 Å². The van der Waals surface area contributed by atoms with E-state index in [1.54, 1.807) is 9.21 Å². The summed E-state index contributed by atoms with van der Waals surface area (Å²) in [5, 5.41) is 3.11. The lowest BCUT2D eigenvalue weighted by atomic mass is 9.96. The minimum atomic E-state index is -3.16. The van der Waals surface area contributed by atoms with Crippen molar-refractivity contribution in [3.63, 3.8) is 0 Å². The highest BCUT2D eigenvalue weighted by Crippen LogP contribution is 2.18. The molecule has 0 bridgehead atoms. The van der Waals surface area contributed by atoms with E-state index in [1.807, 2.05) is 6.92 Å². The molecular formula is C15H29N3O3S. The number of nitrogens with zero attached hydrogens (tertiary/aromatic N) is 2. The summed E-state index contributed by atoms with van der Waals surface area (Å²) >= 11 is 0. The van der Waals surface area contributed by atoms with E-state index in [0.29, 0.717) is 45.1 Å². The molecule has 1 aliphatic heterocycles. The van der Waals surface area contributed by atoms with Crippen molar-refractivity contribution in [1.82, 2.24) is 14.5 Å². The van der Waals surface area contributed by atoms with Gasteiger partial charge in [0.05, 0.1) is 5.75 Å². The first-order valence-corrected chi connectivity index (χ1v) is 10.2. The van der Waals surface area contributed by atoms with Crippen LogP contribution in [-0.4, -0.2) is 61.6 Å². The third-order valence-corrected chi connectivity index (χ3v) is 6.61. The van der Waals surface area contributed by atoms with Crippen molar-refractivity contribution >= 4 is 16.1 Å². The molecule has 2 aliphatic rings. The molecule has 1 saturated heterocycles. The average Bonchev–Trinajstić information content (AvgIpc) is 2.74. The fourth-order valence-electron chi connectivity index (χ4n) is 3.27. The standard InChI is InChI=1S/C15H29N3O3S/c1-2-13-22(20,21)18-10-6-9-17(11-12-18)15(19)16-14-7-4-3-5-8-14/h14H,2-13H2,1H3,(H,16,19). The van der Waals surface area contributed by atoms with Crippen LogP contribution in [0, 0.1) is 0 Å². The largest absolute Gasteiger partial charge is 0.335 e. The van der Waals surface area contributed by atoms with E-state index in [0.717, 1.165) is 12.8 Å². The summed E-state index contributed by atoms with van der Waals surface area (Å²) < 4.78 is 25.8. The van der Waals surface area contributed by atoms with Gasteiger partial charge in [0.2, 0.25) is 10.0 Å². The number of urea groups is 1. The van der Waals surface area contributed by atoms with Crippen LogP contribution in [-0.2, 0) is 10.0 Å². The maximum Gasteiger partial charge on any atom is 0.317 e. The van der Waals surface area contributed by atoms with Gasteiger partial charge in [-0.25, -0.2) is 17.5 Å². The third kappa shape index (κ3) is 4.84. The highest BCUT2D eigenvalue weighted by atomic mass is 32.2. The van der Waals surface area contributed by atoms with Gasteiger partial charge in [-0.1, -0.05) is 26.2 Å². The molecule has 0 aromatic rings. The molecule has 2 amide bonds. The second-order valence-electron chi connectivity index (χ2n) is 6.34. The molecule has 6 nitrogen and oxygen atoms in total. The monoisotopic (exact) mass is 331 g/mol. The number of hydrogen-bond acceptors (Lipinski definition) is 3. The van der Waals surface area contributed by atoms with Crippen molar-refractivity contribution < 1.29 is 13.2 Å². The molecule has 0 spiro atoms. The number of hydrogen-bond donors (Lipinski definition) is 1. The summed E-state index contributed by atoms with van der Waals surface area (Å²) in [6.45, 7) is 3.94. The minimum absolute atomic E-state index is 0.0263. The molecule has 22 heavy (non-hydrogen) atoms. The summed E-state index contributed by atoms with van der Waals surface area (Å²) in [5.41, 5.74) is 0. The normalized spacial score (nSPS) is 22.3. The van der Waals surface area contributed by atoms with Crippen LogP contribution < -0.4 is 5.32 Å². The highest BCUT2D eigenvalue weighted by Gasteiger charge is 2.27. The van der Waals surface area contributed by atoms with E-state index in [2.05, 4.69) is 5.32 Å². The fraction of sp³-hybridized carbons (Fsp3) is 0.933. The van der Waals surface area contributed by atoms with E-state index >= 15 is 0 Å². The summed E-state index contributed by atoms with van der Waals surface area (Å²) in [4.78, 5) is 14.1. The Morgan fingerprint density at radius 1 is 1.05 bits per heavy atom. The zero-order chi connectivity index (χ0) is 16.0. The van der Waals surface area contributed by atoms with Gasteiger partial charge in [0, 0.05) is 32.2 Å². The van der Waals surface area contributed by atoms with Gasteiger partial charge in [-0.15, -0.1) is 0 Å². The molecule has 2 rings (SSSR count). The molecule has 1 heterocycles. The number of carbonyl (C=O) groups is 1. The Balaban J connectivity index is 1.85. The second-order valence-corrected chi connectivity index (χ2v) is 8.43. The Kier molecular flexibility index (Phi) is 6.50. The lowest BCUT2D eigenvalue weighted by molar-refractivity contribution is 0.192. The molecule has 0 radical (unpaired) electrons. The van der Waals surface area contributed by atoms with Crippen molar-refractivity contribution in [3.8, 4) is 0 Å². The van der Waals surface area contributed by atoms with Crippen molar-refractivity contribution in [3.05, 3.63) is 0 Å². The molecular weight excluding hydrogens is 302 g/mol. The van der Waals surface area contributed by atoms with Gasteiger partial charge in [-0.2, -0.15) is 0 Å². The van der Waals surface area contributed by atoms with Gasteiger partial charge in [0.15, 0.2) is 0 Å². The Morgan fingerprint density at radius 2 is 1.77 bits per heavy atom. The lowest BCUT2D eigenvalue weighted by Gasteiger charge is -2.27. The number of rotatable bonds is 4. The predicted octanol–water partition coefficient (Wildman–Crippen LogP) is 1.78. The Hall–Kier alpha value is -0.820. The van der Waals surface area contributed by atoms with Crippen LogP contribution in [0.4, 0.5) is 4.79 Å². The van der Waals surface area contributed by atoms with Gasteiger partial charge in [0.1, 0.15) is 0 Å². The molecule has 0 aromatic heterocycles. The van der Waals surface area contributed by atoms with Crippen LogP contribution in [0.2, 0.25) is 0 Å². The Labute approximate surface area is 134 Å². The Bertz CT molecular complexity index is 461. The molecule has 7 heteroatoms. The number of carbonyl (C=O) groups excluding carboxylic acids is 1. The zero-order valence-electron chi connectivity index (χ0n) is 13.6. The first kappa shape index (κ1) is 17.5. The van der Waals surface area contributed by atoms with Gasteiger partial charge in [-0.3, -0.25) is 0 Å². The van der Waals surface area contributed by atoms with Crippen LogP contribution in [0.25, 0.3) is 0 Å². The van der Waals surface area contributed by atoms with E-state index < -0.39 is 10.0 Å². The first-order valence-electron chi connectivity index (χ1n) is 8.56. The SMILES string of the molecule is CCCS(=O)(=O)N1CCCN(C(=O)NC2CCCCC2)CC1.